The van der Waals surface area contributed by atoms with Gasteiger partial charge < -0.3 is 10.0 Å². The third-order valence-corrected chi connectivity index (χ3v) is 7.08. The zero-order valence-corrected chi connectivity index (χ0v) is 20.0. The molecule has 0 radical (unpaired) electrons. The Morgan fingerprint density at radius 1 is 1.16 bits per heavy atom. The Hall–Kier alpha value is -2.45. The lowest BCUT2D eigenvalue weighted by Gasteiger charge is -2.22. The lowest BCUT2D eigenvalue weighted by Crippen LogP contribution is -2.27. The number of carboxylic acid groups (broad SMARTS) is 1. The number of carboxylic acids is 1. The lowest BCUT2D eigenvalue weighted by molar-refractivity contribution is -0.138. The molecule has 0 aliphatic heterocycles. The molecule has 0 aliphatic rings. The van der Waals surface area contributed by atoms with Crippen molar-refractivity contribution in [2.24, 2.45) is 0 Å². The summed E-state index contributed by atoms with van der Waals surface area (Å²) in [5.41, 5.74) is 4.50. The number of benzene rings is 1. The normalized spacial score (nSPS) is 11.5. The summed E-state index contributed by atoms with van der Waals surface area (Å²) in [4.78, 5) is 27.3. The van der Waals surface area contributed by atoms with Crippen LogP contribution < -0.4 is 4.90 Å². The van der Waals surface area contributed by atoms with Gasteiger partial charge in [0.25, 0.3) is 0 Å². The summed E-state index contributed by atoms with van der Waals surface area (Å²) in [6, 6.07) is 8.49. The van der Waals surface area contributed by atoms with E-state index in [0.29, 0.717) is 12.5 Å². The number of aryl methyl sites for hydroxylation is 2. The Morgan fingerprint density at radius 2 is 1.84 bits per heavy atom. The van der Waals surface area contributed by atoms with Crippen LogP contribution in [0.5, 0.6) is 0 Å². The molecule has 1 N–H and O–H groups in total. The molecule has 6 nitrogen and oxygen atoms in total. The van der Waals surface area contributed by atoms with Gasteiger partial charge in [0.1, 0.15) is 4.75 Å². The SMILES string of the molecule is CCc1cnc(N(CCc2csc(SC(C)(C)C(=O)O)n2)Cc2ccc(C)cc2)nc1. The van der Waals surface area contributed by atoms with Crippen LogP contribution >= 0.6 is 23.1 Å². The molecule has 3 rings (SSSR count). The van der Waals surface area contributed by atoms with Crippen molar-refractivity contribution < 1.29 is 9.90 Å². The van der Waals surface area contributed by atoms with Crippen LogP contribution in [0.15, 0.2) is 46.4 Å². The van der Waals surface area contributed by atoms with E-state index in [1.165, 1.54) is 34.2 Å². The van der Waals surface area contributed by atoms with Gasteiger partial charge in [0.15, 0.2) is 4.34 Å². The second-order valence-corrected chi connectivity index (χ2v) is 10.7. The molecule has 0 unspecified atom stereocenters. The van der Waals surface area contributed by atoms with Crippen molar-refractivity contribution in [3.63, 3.8) is 0 Å². The Kier molecular flexibility index (Phi) is 7.67. The van der Waals surface area contributed by atoms with Gasteiger partial charge in [-0.05, 0) is 38.3 Å². The first-order valence-corrected chi connectivity index (χ1v) is 11.9. The van der Waals surface area contributed by atoms with E-state index in [-0.39, 0.29) is 0 Å². The second-order valence-electron chi connectivity index (χ2n) is 7.92. The first-order chi connectivity index (χ1) is 14.8. The predicted molar refractivity (Wildman–Crippen MR) is 127 cm³/mol. The van der Waals surface area contributed by atoms with Crippen molar-refractivity contribution in [2.75, 3.05) is 11.4 Å². The molecule has 8 heteroatoms. The molecule has 2 heterocycles. The maximum atomic E-state index is 11.4. The lowest BCUT2D eigenvalue weighted by atomic mass is 10.1. The molecule has 0 spiro atoms. The van der Waals surface area contributed by atoms with E-state index in [1.54, 1.807) is 13.8 Å². The fourth-order valence-electron chi connectivity index (χ4n) is 2.82. The van der Waals surface area contributed by atoms with Crippen LogP contribution in [0.25, 0.3) is 0 Å². The number of hydrogen-bond donors (Lipinski definition) is 1. The van der Waals surface area contributed by atoms with Crippen LogP contribution in [-0.4, -0.2) is 37.3 Å². The van der Waals surface area contributed by atoms with Gasteiger partial charge in [0.2, 0.25) is 5.95 Å². The van der Waals surface area contributed by atoms with Gasteiger partial charge in [0, 0.05) is 37.3 Å². The number of carbonyl (C=O) groups is 1. The van der Waals surface area contributed by atoms with Gasteiger partial charge in [-0.2, -0.15) is 0 Å². The van der Waals surface area contributed by atoms with E-state index in [1.807, 2.05) is 17.8 Å². The summed E-state index contributed by atoms with van der Waals surface area (Å²) in [5, 5.41) is 11.3. The Morgan fingerprint density at radius 3 is 2.45 bits per heavy atom. The van der Waals surface area contributed by atoms with Crippen molar-refractivity contribution in [3.8, 4) is 0 Å². The van der Waals surface area contributed by atoms with E-state index >= 15 is 0 Å². The topological polar surface area (TPSA) is 79.2 Å². The van der Waals surface area contributed by atoms with Crippen molar-refractivity contribution in [2.45, 2.75) is 56.2 Å². The van der Waals surface area contributed by atoms with Gasteiger partial charge >= 0.3 is 5.97 Å². The van der Waals surface area contributed by atoms with Gasteiger partial charge in [-0.1, -0.05) is 48.5 Å². The van der Waals surface area contributed by atoms with Crippen LogP contribution in [-0.2, 0) is 24.2 Å². The number of aliphatic carboxylic acids is 1. The smallest absolute Gasteiger partial charge is 0.319 e. The fraction of sp³-hybridized carbons (Fsp3) is 0.391. The first-order valence-electron chi connectivity index (χ1n) is 10.2. The van der Waals surface area contributed by atoms with Crippen LogP contribution in [0.2, 0.25) is 0 Å². The predicted octanol–water partition coefficient (Wildman–Crippen LogP) is 5.01. The average Bonchev–Trinajstić information content (AvgIpc) is 3.19. The zero-order valence-electron chi connectivity index (χ0n) is 18.3. The molecule has 0 saturated carbocycles. The van der Waals surface area contributed by atoms with E-state index in [0.717, 1.165) is 35.0 Å². The molecule has 0 atom stereocenters. The zero-order chi connectivity index (χ0) is 22.4. The molecule has 2 aromatic heterocycles. The standard InChI is InChI=1S/C23H28N4O2S2/c1-5-17-12-24-21(25-13-17)27(14-18-8-6-16(2)7-9-18)11-10-19-15-30-22(26-19)31-23(3,4)20(28)29/h6-9,12-13,15H,5,10-11,14H2,1-4H3,(H,28,29). The molecule has 3 aromatic rings. The largest absolute Gasteiger partial charge is 0.480 e. The molecular weight excluding hydrogens is 428 g/mol. The number of aromatic nitrogens is 3. The van der Waals surface area contributed by atoms with Crippen molar-refractivity contribution >= 4 is 35.0 Å². The van der Waals surface area contributed by atoms with Gasteiger partial charge in [0.05, 0.1) is 5.69 Å². The minimum absolute atomic E-state index is 0.703. The molecule has 0 saturated heterocycles. The first kappa shape index (κ1) is 23.2. The summed E-state index contributed by atoms with van der Waals surface area (Å²) in [6.45, 7) is 8.99. The summed E-state index contributed by atoms with van der Waals surface area (Å²) in [6.07, 6.45) is 5.41. The van der Waals surface area contributed by atoms with Crippen LogP contribution in [0, 0.1) is 6.92 Å². The molecule has 31 heavy (non-hydrogen) atoms. The Bertz CT molecular complexity index is 1000. The van der Waals surface area contributed by atoms with E-state index in [4.69, 9.17) is 0 Å². The highest BCUT2D eigenvalue weighted by atomic mass is 32.2. The highest BCUT2D eigenvalue weighted by Gasteiger charge is 2.29. The van der Waals surface area contributed by atoms with Gasteiger partial charge in [-0.3, -0.25) is 4.79 Å². The number of hydrogen-bond acceptors (Lipinski definition) is 7. The molecule has 0 fully saturated rings. The number of thiazole rings is 1. The monoisotopic (exact) mass is 456 g/mol. The number of thioether (sulfide) groups is 1. The summed E-state index contributed by atoms with van der Waals surface area (Å²) in [5.74, 6) is -0.138. The Balaban J connectivity index is 1.72. The van der Waals surface area contributed by atoms with E-state index < -0.39 is 10.7 Å². The summed E-state index contributed by atoms with van der Waals surface area (Å²) in [7, 11) is 0. The number of anilines is 1. The minimum Gasteiger partial charge on any atom is -0.480 e. The fourth-order valence-corrected chi connectivity index (χ4v) is 5.04. The van der Waals surface area contributed by atoms with Crippen LogP contribution in [0.1, 0.15) is 43.2 Å². The molecular formula is C23H28N4O2S2. The molecule has 0 aliphatic carbocycles. The van der Waals surface area contributed by atoms with Crippen LogP contribution in [0.3, 0.4) is 0 Å². The molecule has 0 bridgehead atoms. The number of rotatable bonds is 10. The third-order valence-electron chi connectivity index (χ3n) is 4.90. The summed E-state index contributed by atoms with van der Waals surface area (Å²) >= 11 is 2.77. The molecule has 0 amide bonds. The van der Waals surface area contributed by atoms with Crippen molar-refractivity contribution in [1.29, 1.82) is 0 Å². The summed E-state index contributed by atoms with van der Waals surface area (Å²) < 4.78 is -0.127. The highest BCUT2D eigenvalue weighted by molar-refractivity contribution is 8.02. The quantitative estimate of drug-likeness (QED) is 0.430. The van der Waals surface area contributed by atoms with Crippen molar-refractivity contribution in [3.05, 3.63) is 64.4 Å². The number of nitrogens with zero attached hydrogens (tertiary/aromatic N) is 4. The molecule has 164 valence electrons. The van der Waals surface area contributed by atoms with Gasteiger partial charge in [-0.25, -0.2) is 15.0 Å². The van der Waals surface area contributed by atoms with Crippen LogP contribution in [0.4, 0.5) is 5.95 Å². The molecule has 1 aromatic carbocycles. The highest BCUT2D eigenvalue weighted by Crippen LogP contribution is 2.34. The minimum atomic E-state index is -0.901. The maximum absolute atomic E-state index is 11.4. The Labute approximate surface area is 191 Å². The average molecular weight is 457 g/mol. The van der Waals surface area contributed by atoms with Crippen molar-refractivity contribution in [1.82, 2.24) is 15.0 Å². The van der Waals surface area contributed by atoms with Gasteiger partial charge in [-0.15, -0.1) is 11.3 Å². The third kappa shape index (κ3) is 6.51. The second kappa shape index (κ2) is 10.2. The van der Waals surface area contributed by atoms with E-state index in [9.17, 15) is 9.90 Å². The maximum Gasteiger partial charge on any atom is 0.319 e. The van der Waals surface area contributed by atoms with E-state index in [2.05, 4.69) is 58.0 Å².